The number of rotatable bonds is 3. The maximum atomic E-state index is 12.7. The largest absolute Gasteiger partial charge is 0.478 e. The molecule has 0 heterocycles. The minimum Gasteiger partial charge on any atom is -0.478 e. The highest BCUT2D eigenvalue weighted by Gasteiger charge is 2.31. The predicted molar refractivity (Wildman–Crippen MR) is 115 cm³/mol. The number of carbonyl (C=O) groups excluding carboxylic acids is 1. The van der Waals surface area contributed by atoms with E-state index < -0.39 is 18.2 Å². The molecule has 0 spiro atoms. The van der Waals surface area contributed by atoms with Crippen LogP contribution in [0.25, 0.3) is 21.9 Å². The zero-order valence-electron chi connectivity index (χ0n) is 15.8. The van der Waals surface area contributed by atoms with Crippen molar-refractivity contribution in [1.82, 2.24) is 0 Å². The summed E-state index contributed by atoms with van der Waals surface area (Å²) in [7, 11) is 0. The average molecular weight is 395 g/mol. The number of aromatic carboxylic acids is 1. The Morgan fingerprint density at radius 1 is 0.767 bits per heavy atom. The number of hydrogen-bond donors (Lipinski definition) is 2. The molecule has 4 aromatic carbocycles. The third kappa shape index (κ3) is 3.06. The van der Waals surface area contributed by atoms with Gasteiger partial charge in [-0.05, 0) is 46.2 Å². The summed E-state index contributed by atoms with van der Waals surface area (Å²) in [5.74, 6) is -0.992. The number of nitrogens with one attached hydrogen (secondary N) is 1. The molecular weight excluding hydrogens is 378 g/mol. The first kappa shape index (κ1) is 17.9. The van der Waals surface area contributed by atoms with Crippen molar-refractivity contribution in [2.24, 2.45) is 0 Å². The standard InChI is InChI=1S/C25H17NO4/c27-24(28)16-10-9-15-11-12-18(14-17(15)13-16)26-25(29)30-23-21-7-3-1-5-19(21)20-6-2-4-8-22(20)23/h1-14,23H,(H,26,29)(H,27,28). The number of benzene rings is 4. The summed E-state index contributed by atoms with van der Waals surface area (Å²) < 4.78 is 5.80. The Morgan fingerprint density at radius 2 is 1.40 bits per heavy atom. The normalized spacial score (nSPS) is 12.3. The molecule has 30 heavy (non-hydrogen) atoms. The molecule has 0 aromatic heterocycles. The molecule has 5 nitrogen and oxygen atoms in total. The van der Waals surface area contributed by atoms with E-state index in [1.54, 1.807) is 30.3 Å². The number of amides is 1. The van der Waals surface area contributed by atoms with Gasteiger partial charge in [0.2, 0.25) is 0 Å². The van der Waals surface area contributed by atoms with E-state index in [0.717, 1.165) is 33.0 Å². The lowest BCUT2D eigenvalue weighted by Gasteiger charge is -2.16. The van der Waals surface area contributed by atoms with Crippen molar-refractivity contribution in [2.75, 3.05) is 5.32 Å². The Morgan fingerprint density at radius 3 is 2.07 bits per heavy atom. The maximum absolute atomic E-state index is 12.7. The lowest BCUT2D eigenvalue weighted by atomic mass is 10.1. The lowest BCUT2D eigenvalue weighted by molar-refractivity contribution is 0.0697. The molecule has 1 aliphatic carbocycles. The van der Waals surface area contributed by atoms with Gasteiger partial charge in [-0.25, -0.2) is 9.59 Å². The van der Waals surface area contributed by atoms with Crippen LogP contribution < -0.4 is 5.32 Å². The molecule has 0 fully saturated rings. The summed E-state index contributed by atoms with van der Waals surface area (Å²) in [5, 5.41) is 13.6. The number of carboxylic acid groups (broad SMARTS) is 1. The minimum absolute atomic E-state index is 0.196. The van der Waals surface area contributed by atoms with Crippen LogP contribution in [-0.4, -0.2) is 17.2 Å². The second-order valence-electron chi connectivity index (χ2n) is 7.17. The van der Waals surface area contributed by atoms with Gasteiger partial charge >= 0.3 is 12.1 Å². The molecule has 0 saturated carbocycles. The van der Waals surface area contributed by atoms with Crippen LogP contribution in [0.15, 0.2) is 84.9 Å². The molecule has 0 radical (unpaired) electrons. The predicted octanol–water partition coefficient (Wildman–Crippen LogP) is 5.86. The van der Waals surface area contributed by atoms with Gasteiger partial charge < -0.3 is 9.84 Å². The van der Waals surface area contributed by atoms with Gasteiger partial charge in [0.15, 0.2) is 6.10 Å². The van der Waals surface area contributed by atoms with Crippen LogP contribution in [0.2, 0.25) is 0 Å². The molecule has 1 amide bonds. The van der Waals surface area contributed by atoms with Crippen molar-refractivity contribution < 1.29 is 19.4 Å². The average Bonchev–Trinajstić information content (AvgIpc) is 3.07. The number of hydrogen-bond acceptors (Lipinski definition) is 3. The number of carboxylic acids is 1. The van der Waals surface area contributed by atoms with Gasteiger partial charge in [0.25, 0.3) is 0 Å². The van der Waals surface area contributed by atoms with E-state index in [-0.39, 0.29) is 5.56 Å². The van der Waals surface area contributed by atoms with Crippen molar-refractivity contribution in [2.45, 2.75) is 6.10 Å². The van der Waals surface area contributed by atoms with E-state index in [4.69, 9.17) is 4.74 Å². The van der Waals surface area contributed by atoms with Crippen LogP contribution in [-0.2, 0) is 4.74 Å². The molecule has 5 heteroatoms. The molecule has 0 unspecified atom stereocenters. The molecule has 2 N–H and O–H groups in total. The van der Waals surface area contributed by atoms with Crippen LogP contribution in [0.1, 0.15) is 27.6 Å². The first-order chi connectivity index (χ1) is 14.6. The molecule has 0 aliphatic heterocycles. The second-order valence-corrected chi connectivity index (χ2v) is 7.17. The molecule has 4 aromatic rings. The minimum atomic E-state index is -0.992. The highest BCUT2D eigenvalue weighted by molar-refractivity contribution is 5.97. The molecule has 1 aliphatic rings. The fourth-order valence-corrected chi connectivity index (χ4v) is 3.95. The third-order valence-corrected chi connectivity index (χ3v) is 5.34. The van der Waals surface area contributed by atoms with E-state index in [9.17, 15) is 14.7 Å². The van der Waals surface area contributed by atoms with Crippen LogP contribution >= 0.6 is 0 Å². The first-order valence-electron chi connectivity index (χ1n) is 9.53. The van der Waals surface area contributed by atoms with E-state index in [0.29, 0.717) is 5.69 Å². The fraction of sp³-hybridized carbons (Fsp3) is 0.0400. The molecule has 146 valence electrons. The summed E-state index contributed by atoms with van der Waals surface area (Å²) >= 11 is 0. The molecule has 0 saturated heterocycles. The lowest BCUT2D eigenvalue weighted by Crippen LogP contribution is -2.17. The summed E-state index contributed by atoms with van der Waals surface area (Å²) in [6.45, 7) is 0. The van der Waals surface area contributed by atoms with E-state index in [1.165, 1.54) is 0 Å². The topological polar surface area (TPSA) is 75.6 Å². The Bertz CT molecular complexity index is 1270. The summed E-state index contributed by atoms with van der Waals surface area (Å²) in [4.78, 5) is 23.9. The van der Waals surface area contributed by atoms with Gasteiger partial charge in [0.05, 0.1) is 5.56 Å². The quantitative estimate of drug-likeness (QED) is 0.456. The second kappa shape index (κ2) is 7.04. The van der Waals surface area contributed by atoms with Crippen LogP contribution in [0.5, 0.6) is 0 Å². The first-order valence-corrected chi connectivity index (χ1v) is 9.53. The SMILES string of the molecule is O=C(Nc1ccc2ccc(C(=O)O)cc2c1)OC1c2ccccc2-c2ccccc21. The van der Waals surface area contributed by atoms with Crippen LogP contribution in [0, 0.1) is 0 Å². The van der Waals surface area contributed by atoms with Gasteiger partial charge in [-0.1, -0.05) is 60.7 Å². The van der Waals surface area contributed by atoms with Crippen molar-refractivity contribution in [3.63, 3.8) is 0 Å². The Labute approximate surface area is 172 Å². The zero-order valence-corrected chi connectivity index (χ0v) is 15.8. The smallest absolute Gasteiger partial charge is 0.412 e. The monoisotopic (exact) mass is 395 g/mol. The van der Waals surface area contributed by atoms with Gasteiger partial charge in [0, 0.05) is 16.8 Å². The van der Waals surface area contributed by atoms with Crippen molar-refractivity contribution >= 4 is 28.5 Å². The third-order valence-electron chi connectivity index (χ3n) is 5.34. The molecule has 0 atom stereocenters. The summed E-state index contributed by atoms with van der Waals surface area (Å²) in [6.07, 6.45) is -1.04. The molecular formula is C25H17NO4. The van der Waals surface area contributed by atoms with Crippen molar-refractivity contribution in [3.8, 4) is 11.1 Å². The van der Waals surface area contributed by atoms with Gasteiger partial charge in [-0.15, -0.1) is 0 Å². The number of fused-ring (bicyclic) bond motifs is 4. The van der Waals surface area contributed by atoms with Gasteiger partial charge in [-0.3, -0.25) is 5.32 Å². The van der Waals surface area contributed by atoms with E-state index in [1.807, 2.05) is 54.6 Å². The fourth-order valence-electron chi connectivity index (χ4n) is 3.95. The Kier molecular flexibility index (Phi) is 4.21. The number of anilines is 1. The maximum Gasteiger partial charge on any atom is 0.412 e. The molecule has 5 rings (SSSR count). The van der Waals surface area contributed by atoms with Crippen molar-refractivity contribution in [3.05, 3.63) is 102 Å². The van der Waals surface area contributed by atoms with Crippen LogP contribution in [0.4, 0.5) is 10.5 Å². The van der Waals surface area contributed by atoms with Crippen molar-refractivity contribution in [1.29, 1.82) is 0 Å². The summed E-state index contributed by atoms with van der Waals surface area (Å²) in [5.41, 5.74) is 4.78. The van der Waals surface area contributed by atoms with Crippen LogP contribution in [0.3, 0.4) is 0 Å². The molecule has 0 bridgehead atoms. The van der Waals surface area contributed by atoms with Gasteiger partial charge in [-0.2, -0.15) is 0 Å². The highest BCUT2D eigenvalue weighted by Crippen LogP contribution is 2.45. The Balaban J connectivity index is 1.41. The highest BCUT2D eigenvalue weighted by atomic mass is 16.6. The Hall–Kier alpha value is -4.12. The zero-order chi connectivity index (χ0) is 20.7. The number of ether oxygens (including phenoxy) is 1. The van der Waals surface area contributed by atoms with E-state index in [2.05, 4.69) is 5.32 Å². The van der Waals surface area contributed by atoms with E-state index >= 15 is 0 Å². The number of carbonyl (C=O) groups is 2. The summed E-state index contributed by atoms with van der Waals surface area (Å²) in [6, 6.07) is 26.0. The van der Waals surface area contributed by atoms with Gasteiger partial charge in [0.1, 0.15) is 0 Å².